The average Bonchev–Trinajstić information content (AvgIpc) is 3.22. The van der Waals surface area contributed by atoms with Crippen LogP contribution in [-0.4, -0.2) is 14.5 Å². The highest BCUT2D eigenvalue weighted by Gasteiger charge is 2.15. The average molecular weight is 320 g/mol. The number of fused-ring (bicyclic) bond motifs is 1. The lowest BCUT2D eigenvalue weighted by molar-refractivity contribution is 0.723. The number of hydrogen-bond acceptors (Lipinski definition) is 4. The van der Waals surface area contributed by atoms with E-state index in [1.165, 1.54) is 4.88 Å². The molecule has 0 fully saturated rings. The number of hydrogen-bond donors (Lipinski definition) is 1. The minimum atomic E-state index is 0.669. The van der Waals surface area contributed by atoms with Gasteiger partial charge in [0.25, 0.3) is 0 Å². The van der Waals surface area contributed by atoms with Crippen molar-refractivity contribution in [2.24, 2.45) is 0 Å². The highest BCUT2D eigenvalue weighted by Crippen LogP contribution is 2.27. The number of thiophene rings is 1. The molecule has 0 saturated carbocycles. The highest BCUT2D eigenvalue weighted by molar-refractivity contribution is 7.09. The van der Waals surface area contributed by atoms with Crippen LogP contribution in [0.5, 0.6) is 0 Å². The number of rotatable bonds is 4. The predicted molar refractivity (Wildman–Crippen MR) is 95.4 cm³/mol. The van der Waals surface area contributed by atoms with Crippen LogP contribution in [-0.2, 0) is 13.0 Å². The van der Waals surface area contributed by atoms with Gasteiger partial charge in [0.15, 0.2) is 5.65 Å². The van der Waals surface area contributed by atoms with Crippen LogP contribution in [0.2, 0.25) is 0 Å². The lowest BCUT2D eigenvalue weighted by Crippen LogP contribution is -2.04. The van der Waals surface area contributed by atoms with Gasteiger partial charge < -0.3 is 10.3 Å². The van der Waals surface area contributed by atoms with Gasteiger partial charge in [-0.05, 0) is 23.9 Å². The number of imidazole rings is 1. The molecule has 3 heterocycles. The first-order chi connectivity index (χ1) is 11.3. The maximum Gasteiger partial charge on any atom is 0.162 e. The van der Waals surface area contributed by atoms with Gasteiger partial charge >= 0.3 is 0 Å². The molecule has 0 radical (unpaired) electrons. The summed E-state index contributed by atoms with van der Waals surface area (Å²) in [4.78, 5) is 10.6. The fourth-order valence-electron chi connectivity index (χ4n) is 2.73. The Labute approximate surface area is 138 Å². The van der Waals surface area contributed by atoms with Crippen LogP contribution in [0.25, 0.3) is 22.6 Å². The number of benzene rings is 1. The summed E-state index contributed by atoms with van der Waals surface area (Å²) in [7, 11) is 0. The van der Waals surface area contributed by atoms with Crippen molar-refractivity contribution in [1.82, 2.24) is 14.5 Å². The Bertz CT molecular complexity index is 926. The first kappa shape index (κ1) is 14.0. The van der Waals surface area contributed by atoms with Crippen molar-refractivity contribution in [2.45, 2.75) is 13.0 Å². The quantitative estimate of drug-likeness (QED) is 0.618. The van der Waals surface area contributed by atoms with Gasteiger partial charge in [0, 0.05) is 23.2 Å². The zero-order valence-corrected chi connectivity index (χ0v) is 13.3. The molecule has 3 aromatic heterocycles. The molecule has 0 aliphatic carbocycles. The molecular weight excluding hydrogens is 304 g/mol. The van der Waals surface area contributed by atoms with Crippen LogP contribution in [0.3, 0.4) is 0 Å². The smallest absolute Gasteiger partial charge is 0.162 e. The maximum absolute atomic E-state index is 6.09. The summed E-state index contributed by atoms with van der Waals surface area (Å²) in [6.07, 6.45) is 2.70. The van der Waals surface area contributed by atoms with E-state index in [2.05, 4.69) is 39.2 Å². The van der Waals surface area contributed by atoms with Crippen molar-refractivity contribution in [3.05, 3.63) is 65.0 Å². The van der Waals surface area contributed by atoms with Gasteiger partial charge in [0.1, 0.15) is 11.3 Å². The molecule has 4 nitrogen and oxygen atoms in total. The second-order valence-electron chi connectivity index (χ2n) is 5.35. The van der Waals surface area contributed by atoms with Crippen molar-refractivity contribution in [1.29, 1.82) is 0 Å². The standard InChI is InChI=1S/C18H16N4S/c19-15-8-10-20-18-16(15)21-17(13-5-2-1-3-6-13)22(18)11-9-14-7-4-12-23-14/h1-8,10,12H,9,11H2,(H2,19,20). The second-order valence-corrected chi connectivity index (χ2v) is 6.39. The van der Waals surface area contributed by atoms with E-state index in [1.807, 2.05) is 18.2 Å². The zero-order valence-electron chi connectivity index (χ0n) is 12.5. The number of nitrogens with zero attached hydrogens (tertiary/aromatic N) is 3. The van der Waals surface area contributed by atoms with Crippen molar-refractivity contribution >= 4 is 28.2 Å². The summed E-state index contributed by atoms with van der Waals surface area (Å²) in [5, 5.41) is 2.11. The largest absolute Gasteiger partial charge is 0.397 e. The third-order valence-corrected chi connectivity index (χ3v) is 4.80. The topological polar surface area (TPSA) is 56.7 Å². The van der Waals surface area contributed by atoms with Gasteiger partial charge in [-0.15, -0.1) is 11.3 Å². The predicted octanol–water partition coefficient (Wildman–Crippen LogP) is 3.98. The maximum atomic E-state index is 6.09. The summed E-state index contributed by atoms with van der Waals surface area (Å²) in [5.74, 6) is 0.919. The summed E-state index contributed by atoms with van der Waals surface area (Å²) in [6.45, 7) is 0.831. The number of nitrogens with two attached hydrogens (primary N) is 1. The van der Waals surface area contributed by atoms with E-state index in [-0.39, 0.29) is 0 Å². The van der Waals surface area contributed by atoms with Gasteiger partial charge in [-0.25, -0.2) is 9.97 Å². The molecule has 0 aliphatic heterocycles. The molecule has 4 aromatic rings. The van der Waals surface area contributed by atoms with Crippen molar-refractivity contribution in [2.75, 3.05) is 5.73 Å². The number of aromatic nitrogens is 3. The molecule has 0 spiro atoms. The van der Waals surface area contributed by atoms with Gasteiger partial charge in [-0.2, -0.15) is 0 Å². The Hall–Kier alpha value is -2.66. The van der Waals surface area contributed by atoms with Crippen LogP contribution in [0.15, 0.2) is 60.1 Å². The van der Waals surface area contributed by atoms with E-state index in [1.54, 1.807) is 23.6 Å². The molecule has 5 heteroatoms. The van der Waals surface area contributed by atoms with Crippen molar-refractivity contribution in [3.8, 4) is 11.4 Å². The zero-order chi connectivity index (χ0) is 15.6. The first-order valence-electron chi connectivity index (χ1n) is 7.51. The number of pyridine rings is 1. The summed E-state index contributed by atoms with van der Waals surface area (Å²) >= 11 is 1.78. The second kappa shape index (κ2) is 5.85. The van der Waals surface area contributed by atoms with Crippen LogP contribution in [0.4, 0.5) is 5.69 Å². The van der Waals surface area contributed by atoms with E-state index in [4.69, 9.17) is 10.7 Å². The van der Waals surface area contributed by atoms with Gasteiger partial charge in [-0.3, -0.25) is 0 Å². The summed E-state index contributed by atoms with van der Waals surface area (Å²) < 4.78 is 2.17. The van der Waals surface area contributed by atoms with Crippen LogP contribution < -0.4 is 5.73 Å². The molecule has 23 heavy (non-hydrogen) atoms. The monoisotopic (exact) mass is 320 g/mol. The molecule has 1 aromatic carbocycles. The lowest BCUT2D eigenvalue weighted by Gasteiger charge is -2.08. The van der Waals surface area contributed by atoms with E-state index < -0.39 is 0 Å². The number of aryl methyl sites for hydroxylation is 2. The van der Waals surface area contributed by atoms with E-state index in [0.717, 1.165) is 35.5 Å². The van der Waals surface area contributed by atoms with Crippen LogP contribution in [0, 0.1) is 0 Å². The lowest BCUT2D eigenvalue weighted by atomic mass is 10.2. The SMILES string of the molecule is Nc1ccnc2c1nc(-c1ccccc1)n2CCc1cccs1. The number of nitrogen functional groups attached to an aromatic ring is 1. The Morgan fingerprint density at radius 3 is 2.70 bits per heavy atom. The Morgan fingerprint density at radius 1 is 1.04 bits per heavy atom. The van der Waals surface area contributed by atoms with Crippen LogP contribution >= 0.6 is 11.3 Å². The molecule has 0 unspecified atom stereocenters. The van der Waals surface area contributed by atoms with Gasteiger partial charge in [-0.1, -0.05) is 36.4 Å². The molecule has 4 rings (SSSR count). The van der Waals surface area contributed by atoms with Gasteiger partial charge in [0.05, 0.1) is 5.69 Å². The van der Waals surface area contributed by atoms with Gasteiger partial charge in [0.2, 0.25) is 0 Å². The summed E-state index contributed by atoms with van der Waals surface area (Å²) in [5.41, 5.74) is 9.46. The summed E-state index contributed by atoms with van der Waals surface area (Å²) in [6, 6.07) is 16.2. The van der Waals surface area contributed by atoms with E-state index in [0.29, 0.717) is 5.69 Å². The molecule has 0 aliphatic rings. The molecule has 0 bridgehead atoms. The fraction of sp³-hybridized carbons (Fsp3) is 0.111. The first-order valence-corrected chi connectivity index (χ1v) is 8.39. The highest BCUT2D eigenvalue weighted by atomic mass is 32.1. The molecule has 114 valence electrons. The Balaban J connectivity index is 1.83. The molecule has 0 saturated heterocycles. The molecule has 0 atom stereocenters. The van der Waals surface area contributed by atoms with Crippen molar-refractivity contribution in [3.63, 3.8) is 0 Å². The van der Waals surface area contributed by atoms with Crippen molar-refractivity contribution < 1.29 is 0 Å². The van der Waals surface area contributed by atoms with E-state index >= 15 is 0 Å². The minimum Gasteiger partial charge on any atom is -0.397 e. The third-order valence-electron chi connectivity index (χ3n) is 3.86. The molecular formula is C18H16N4S. The third kappa shape index (κ3) is 2.59. The fourth-order valence-corrected chi connectivity index (χ4v) is 3.43. The van der Waals surface area contributed by atoms with Crippen LogP contribution in [0.1, 0.15) is 4.88 Å². The van der Waals surface area contributed by atoms with E-state index in [9.17, 15) is 0 Å². The number of anilines is 1. The molecule has 2 N–H and O–H groups in total. The Kier molecular flexibility index (Phi) is 3.55. The minimum absolute atomic E-state index is 0.669. The normalized spacial score (nSPS) is 11.1. The molecule has 0 amide bonds. The Morgan fingerprint density at radius 2 is 1.91 bits per heavy atom.